The van der Waals surface area contributed by atoms with Crippen LogP contribution in [0, 0.1) is 11.3 Å². The Labute approximate surface area is 192 Å². The molecule has 0 radical (unpaired) electrons. The number of anilines is 1. The summed E-state index contributed by atoms with van der Waals surface area (Å²) in [5.74, 6) is 0.117. The average Bonchev–Trinajstić information content (AvgIpc) is 2.74. The number of ether oxygens (including phenoxy) is 1. The van der Waals surface area contributed by atoms with Gasteiger partial charge in [-0.25, -0.2) is 0 Å². The summed E-state index contributed by atoms with van der Waals surface area (Å²) in [5, 5.41) is 13.3. The van der Waals surface area contributed by atoms with Crippen molar-refractivity contribution in [3.63, 3.8) is 0 Å². The zero-order chi connectivity index (χ0) is 21.5. The molecule has 150 valence electrons. The summed E-state index contributed by atoms with van der Waals surface area (Å²) in [6, 6.07) is 21.3. The number of halogens is 3. The Balaban J connectivity index is 1.71. The van der Waals surface area contributed by atoms with Crippen LogP contribution in [0.3, 0.4) is 0 Å². The third kappa shape index (κ3) is 5.87. The number of nitriles is 1. The van der Waals surface area contributed by atoms with E-state index in [1.165, 1.54) is 6.08 Å². The number of carbonyl (C=O) groups is 1. The van der Waals surface area contributed by atoms with E-state index < -0.39 is 5.91 Å². The number of nitrogens with zero attached hydrogens (tertiary/aromatic N) is 1. The van der Waals surface area contributed by atoms with Gasteiger partial charge in [0.15, 0.2) is 0 Å². The smallest absolute Gasteiger partial charge is 0.266 e. The Kier molecular flexibility index (Phi) is 7.53. The van der Waals surface area contributed by atoms with Gasteiger partial charge in [-0.2, -0.15) is 5.26 Å². The predicted molar refractivity (Wildman–Crippen MR) is 124 cm³/mol. The van der Waals surface area contributed by atoms with Gasteiger partial charge in [-0.1, -0.05) is 47.5 Å². The third-order valence-electron chi connectivity index (χ3n) is 4.08. The van der Waals surface area contributed by atoms with Crippen LogP contribution in [0.25, 0.3) is 6.08 Å². The zero-order valence-corrected chi connectivity index (χ0v) is 18.6. The first-order valence-electron chi connectivity index (χ1n) is 8.81. The monoisotopic (exact) mass is 500 g/mol. The highest BCUT2D eigenvalue weighted by atomic mass is 79.9. The molecule has 4 nitrogen and oxygen atoms in total. The molecular formula is C23H15BrCl2N2O2. The second kappa shape index (κ2) is 10.3. The Bertz CT molecular complexity index is 1140. The average molecular weight is 502 g/mol. The van der Waals surface area contributed by atoms with Gasteiger partial charge < -0.3 is 10.1 Å². The minimum atomic E-state index is -0.505. The van der Waals surface area contributed by atoms with Crippen LogP contribution >= 0.6 is 39.1 Å². The Morgan fingerprint density at radius 3 is 2.50 bits per heavy atom. The van der Waals surface area contributed by atoms with Gasteiger partial charge >= 0.3 is 0 Å². The maximum atomic E-state index is 12.4. The predicted octanol–water partition coefficient (Wildman–Crippen LogP) is 6.88. The van der Waals surface area contributed by atoms with Crippen molar-refractivity contribution in [3.8, 4) is 11.8 Å². The minimum Gasteiger partial charge on any atom is -0.488 e. The van der Waals surface area contributed by atoms with Gasteiger partial charge in [0.1, 0.15) is 24.0 Å². The molecule has 1 amide bonds. The van der Waals surface area contributed by atoms with Crippen LogP contribution in [0.1, 0.15) is 11.1 Å². The SMILES string of the molecule is N#C/C(=C/c1ccc(OCc2ccccc2Cl)c(Br)c1)C(=O)Nc1ccc(Cl)cc1. The fraction of sp³-hybridized carbons (Fsp3) is 0.0435. The lowest BCUT2D eigenvalue weighted by atomic mass is 10.1. The topological polar surface area (TPSA) is 62.1 Å². The molecule has 1 N–H and O–H groups in total. The number of benzene rings is 3. The molecule has 3 aromatic rings. The quantitative estimate of drug-likeness (QED) is 0.295. The molecule has 0 heterocycles. The standard InChI is InChI=1S/C23H15BrCl2N2O2/c24-20-12-15(5-10-22(20)30-14-16-3-1-2-4-21(16)26)11-17(13-27)23(29)28-19-8-6-18(25)7-9-19/h1-12H,14H2,(H,28,29)/b17-11-. The summed E-state index contributed by atoms with van der Waals surface area (Å²) in [5.41, 5.74) is 2.08. The normalized spacial score (nSPS) is 10.9. The molecule has 0 atom stereocenters. The van der Waals surface area contributed by atoms with E-state index in [1.54, 1.807) is 42.5 Å². The van der Waals surface area contributed by atoms with E-state index >= 15 is 0 Å². The van der Waals surface area contributed by atoms with Gasteiger partial charge in [0, 0.05) is 21.3 Å². The number of rotatable bonds is 6. The van der Waals surface area contributed by atoms with E-state index in [-0.39, 0.29) is 5.57 Å². The van der Waals surface area contributed by atoms with E-state index in [0.717, 1.165) is 5.56 Å². The van der Waals surface area contributed by atoms with Crippen molar-refractivity contribution in [3.05, 3.63) is 97.9 Å². The molecular weight excluding hydrogens is 487 g/mol. The minimum absolute atomic E-state index is 0.0263. The molecule has 0 aliphatic carbocycles. The summed E-state index contributed by atoms with van der Waals surface area (Å²) in [6.45, 7) is 0.320. The van der Waals surface area contributed by atoms with Crippen LogP contribution in [-0.2, 0) is 11.4 Å². The lowest BCUT2D eigenvalue weighted by Gasteiger charge is -2.10. The summed E-state index contributed by atoms with van der Waals surface area (Å²) < 4.78 is 6.51. The molecule has 30 heavy (non-hydrogen) atoms. The number of hydrogen-bond donors (Lipinski definition) is 1. The second-order valence-corrected chi connectivity index (χ2v) is 7.90. The van der Waals surface area contributed by atoms with Crippen LogP contribution in [0.5, 0.6) is 5.75 Å². The molecule has 0 aromatic heterocycles. The highest BCUT2D eigenvalue weighted by Crippen LogP contribution is 2.28. The van der Waals surface area contributed by atoms with E-state index in [0.29, 0.717) is 38.1 Å². The molecule has 0 aliphatic heterocycles. The van der Waals surface area contributed by atoms with Crippen molar-refractivity contribution in [1.29, 1.82) is 5.26 Å². The van der Waals surface area contributed by atoms with Crippen LogP contribution < -0.4 is 10.1 Å². The summed E-state index contributed by atoms with van der Waals surface area (Å²) in [4.78, 5) is 12.4. The first-order chi connectivity index (χ1) is 14.5. The lowest BCUT2D eigenvalue weighted by molar-refractivity contribution is -0.112. The van der Waals surface area contributed by atoms with Crippen molar-refractivity contribution < 1.29 is 9.53 Å². The second-order valence-electron chi connectivity index (χ2n) is 6.20. The molecule has 0 bridgehead atoms. The number of hydrogen-bond acceptors (Lipinski definition) is 3. The largest absolute Gasteiger partial charge is 0.488 e. The molecule has 0 unspecified atom stereocenters. The molecule has 0 saturated heterocycles. The van der Waals surface area contributed by atoms with Crippen molar-refractivity contribution in [2.75, 3.05) is 5.32 Å². The van der Waals surface area contributed by atoms with E-state index in [2.05, 4.69) is 21.2 Å². The fourth-order valence-corrected chi connectivity index (χ4v) is 3.37. The van der Waals surface area contributed by atoms with Crippen molar-refractivity contribution in [1.82, 2.24) is 0 Å². The number of amides is 1. The van der Waals surface area contributed by atoms with Crippen LogP contribution in [-0.4, -0.2) is 5.91 Å². The number of carbonyl (C=O) groups excluding carboxylic acids is 1. The van der Waals surface area contributed by atoms with Gasteiger partial charge in [-0.3, -0.25) is 4.79 Å². The molecule has 3 rings (SSSR count). The van der Waals surface area contributed by atoms with E-state index in [4.69, 9.17) is 27.9 Å². The van der Waals surface area contributed by atoms with Crippen molar-refractivity contribution >= 4 is 56.8 Å². The van der Waals surface area contributed by atoms with Crippen LogP contribution in [0.4, 0.5) is 5.69 Å². The Morgan fingerprint density at radius 2 is 1.83 bits per heavy atom. The molecule has 7 heteroatoms. The van der Waals surface area contributed by atoms with E-state index in [9.17, 15) is 10.1 Å². The Morgan fingerprint density at radius 1 is 1.10 bits per heavy atom. The van der Waals surface area contributed by atoms with Gasteiger partial charge in [-0.05, 0) is 70.0 Å². The lowest BCUT2D eigenvalue weighted by Crippen LogP contribution is -2.13. The van der Waals surface area contributed by atoms with Gasteiger partial charge in [0.05, 0.1) is 4.47 Å². The molecule has 0 fully saturated rings. The van der Waals surface area contributed by atoms with E-state index in [1.807, 2.05) is 30.3 Å². The maximum Gasteiger partial charge on any atom is 0.266 e. The third-order valence-corrected chi connectivity index (χ3v) is 5.32. The van der Waals surface area contributed by atoms with Crippen LogP contribution in [0.2, 0.25) is 10.0 Å². The molecule has 0 aliphatic rings. The first kappa shape index (κ1) is 21.9. The number of nitrogens with one attached hydrogen (secondary N) is 1. The van der Waals surface area contributed by atoms with Gasteiger partial charge in [0.2, 0.25) is 0 Å². The van der Waals surface area contributed by atoms with Gasteiger partial charge in [0.25, 0.3) is 5.91 Å². The summed E-state index contributed by atoms with van der Waals surface area (Å²) >= 11 is 15.5. The van der Waals surface area contributed by atoms with Crippen molar-refractivity contribution in [2.45, 2.75) is 6.61 Å². The highest BCUT2D eigenvalue weighted by molar-refractivity contribution is 9.10. The molecule has 0 spiro atoms. The summed E-state index contributed by atoms with van der Waals surface area (Å²) in [7, 11) is 0. The van der Waals surface area contributed by atoms with Crippen molar-refractivity contribution in [2.24, 2.45) is 0 Å². The Hall–Kier alpha value is -2.78. The summed E-state index contributed by atoms with van der Waals surface area (Å²) in [6.07, 6.45) is 1.51. The molecule has 3 aromatic carbocycles. The maximum absolute atomic E-state index is 12.4. The molecule has 0 saturated carbocycles. The fourth-order valence-electron chi connectivity index (χ4n) is 2.54. The first-order valence-corrected chi connectivity index (χ1v) is 10.4. The van der Waals surface area contributed by atoms with Gasteiger partial charge in [-0.15, -0.1) is 0 Å². The zero-order valence-electron chi connectivity index (χ0n) is 15.5. The van der Waals surface area contributed by atoms with Crippen LogP contribution in [0.15, 0.2) is 76.8 Å². The highest BCUT2D eigenvalue weighted by Gasteiger charge is 2.11.